The van der Waals surface area contributed by atoms with Crippen LogP contribution in [0, 0.1) is 5.92 Å². The highest BCUT2D eigenvalue weighted by Gasteiger charge is 2.22. The van der Waals surface area contributed by atoms with Gasteiger partial charge in [0.15, 0.2) is 33.6 Å². The first-order valence-electron chi connectivity index (χ1n) is 9.13. The van der Waals surface area contributed by atoms with Crippen LogP contribution in [-0.2, 0) is 6.54 Å². The fraction of sp³-hybridized carbons (Fsp3) is 0.389. The number of nitrogens with zero attached hydrogens (tertiary/aromatic N) is 4. The van der Waals surface area contributed by atoms with Gasteiger partial charge in [-0.2, -0.15) is 0 Å². The third kappa shape index (κ3) is 3.29. The molecule has 2 aliphatic heterocycles. The molecule has 0 unspecified atom stereocenters. The molecule has 0 bridgehead atoms. The number of imidazole rings is 1. The molecule has 8 nitrogen and oxygen atoms in total. The number of rotatable bonds is 5. The van der Waals surface area contributed by atoms with Crippen LogP contribution < -0.4 is 20.5 Å². The molecule has 0 radical (unpaired) electrons. The van der Waals surface area contributed by atoms with Gasteiger partial charge in [0.2, 0.25) is 6.79 Å². The molecule has 0 aliphatic carbocycles. The molecule has 0 spiro atoms. The Morgan fingerprint density at radius 3 is 2.96 bits per heavy atom. The van der Waals surface area contributed by atoms with Gasteiger partial charge in [0.05, 0.1) is 0 Å². The number of hydrogen-bond acceptors (Lipinski definition) is 8. The number of halogens is 1. The third-order valence-corrected chi connectivity index (χ3v) is 7.05. The quantitative estimate of drug-likeness (QED) is 0.596. The molecule has 1 atom stereocenters. The summed E-state index contributed by atoms with van der Waals surface area (Å²) in [7, 11) is 0. The highest BCUT2D eigenvalue weighted by atomic mass is 79.9. The number of benzene rings is 1. The smallest absolute Gasteiger partial charge is 0.231 e. The molecule has 1 saturated heterocycles. The molecule has 3 N–H and O–H groups in total. The second-order valence-electron chi connectivity index (χ2n) is 6.86. The Balaban J connectivity index is 1.51. The van der Waals surface area contributed by atoms with Crippen LogP contribution in [0.4, 0.5) is 5.82 Å². The number of nitrogen functional groups attached to an aromatic ring is 1. The molecular weight excluding hydrogens is 444 g/mol. The van der Waals surface area contributed by atoms with Crippen LogP contribution in [0.3, 0.4) is 0 Å². The Kier molecular flexibility index (Phi) is 4.77. The molecule has 1 fully saturated rings. The molecule has 0 saturated carbocycles. The van der Waals surface area contributed by atoms with Crippen LogP contribution in [0.15, 0.2) is 33.0 Å². The van der Waals surface area contributed by atoms with Crippen molar-refractivity contribution in [2.45, 2.75) is 29.4 Å². The highest BCUT2D eigenvalue weighted by Crippen LogP contribution is 2.43. The Hall–Kier alpha value is -2.04. The summed E-state index contributed by atoms with van der Waals surface area (Å²) >= 11 is 5.18. The Morgan fingerprint density at radius 1 is 1.29 bits per heavy atom. The zero-order valence-corrected chi connectivity index (χ0v) is 17.4. The minimum Gasteiger partial charge on any atom is -0.454 e. The Bertz CT molecular complexity index is 1040. The van der Waals surface area contributed by atoms with E-state index in [1.165, 1.54) is 12.7 Å². The minimum atomic E-state index is 0.246. The van der Waals surface area contributed by atoms with Crippen LogP contribution >= 0.6 is 27.7 Å². The standard InChI is InChI=1S/C18H19BrN6O2S/c19-11-5-12-13(27-9-26-12)6-14(11)28-18-24-15-16(20)22-8-23-17(15)25(18)4-2-10-1-3-21-7-10/h5-6,8,10,21H,1-4,7,9H2,(H2,20,22,23)/t10-/m0/s1. The second-order valence-corrected chi connectivity index (χ2v) is 8.73. The van der Waals surface area contributed by atoms with Gasteiger partial charge in [-0.15, -0.1) is 0 Å². The number of nitrogens with two attached hydrogens (primary N) is 1. The van der Waals surface area contributed by atoms with E-state index in [-0.39, 0.29) is 6.79 Å². The first kappa shape index (κ1) is 18.0. The minimum absolute atomic E-state index is 0.246. The van der Waals surface area contributed by atoms with E-state index in [2.05, 4.69) is 35.8 Å². The summed E-state index contributed by atoms with van der Waals surface area (Å²) < 4.78 is 14.0. The predicted octanol–water partition coefficient (Wildman–Crippen LogP) is 3.05. The third-order valence-electron chi connectivity index (χ3n) is 5.08. The maximum absolute atomic E-state index is 6.06. The van der Waals surface area contributed by atoms with E-state index in [9.17, 15) is 0 Å². The Morgan fingerprint density at radius 2 is 2.14 bits per heavy atom. The number of hydrogen-bond donors (Lipinski definition) is 2. The lowest BCUT2D eigenvalue weighted by molar-refractivity contribution is 0.174. The van der Waals surface area contributed by atoms with Crippen LogP contribution in [0.25, 0.3) is 11.2 Å². The van der Waals surface area contributed by atoms with Gasteiger partial charge in [-0.3, -0.25) is 0 Å². The van der Waals surface area contributed by atoms with Gasteiger partial charge < -0.3 is 25.1 Å². The van der Waals surface area contributed by atoms with Gasteiger partial charge in [0.25, 0.3) is 0 Å². The van der Waals surface area contributed by atoms with Crippen LogP contribution in [0.1, 0.15) is 12.8 Å². The van der Waals surface area contributed by atoms with Crippen LogP contribution in [0.2, 0.25) is 0 Å². The fourth-order valence-electron chi connectivity index (χ4n) is 3.56. The fourth-order valence-corrected chi connectivity index (χ4v) is 5.07. The van der Waals surface area contributed by atoms with Crippen molar-refractivity contribution in [3.8, 4) is 11.5 Å². The highest BCUT2D eigenvalue weighted by molar-refractivity contribution is 9.10. The van der Waals surface area contributed by atoms with Gasteiger partial charge >= 0.3 is 0 Å². The van der Waals surface area contributed by atoms with Gasteiger partial charge in [0.1, 0.15) is 6.33 Å². The second kappa shape index (κ2) is 7.41. The maximum Gasteiger partial charge on any atom is 0.231 e. The van der Waals surface area contributed by atoms with Crippen LogP contribution in [-0.4, -0.2) is 39.4 Å². The van der Waals surface area contributed by atoms with E-state index >= 15 is 0 Å². The molecule has 146 valence electrons. The number of aromatic nitrogens is 4. The Labute approximate surface area is 174 Å². The van der Waals surface area contributed by atoms with Crippen molar-refractivity contribution in [3.05, 3.63) is 22.9 Å². The van der Waals surface area contributed by atoms with Crippen molar-refractivity contribution in [3.63, 3.8) is 0 Å². The average Bonchev–Trinajstić information content (AvgIpc) is 3.41. The number of anilines is 1. The van der Waals surface area contributed by atoms with E-state index in [1.54, 1.807) is 11.8 Å². The van der Waals surface area contributed by atoms with Gasteiger partial charge in [0, 0.05) is 15.9 Å². The van der Waals surface area contributed by atoms with Crippen molar-refractivity contribution in [1.82, 2.24) is 24.8 Å². The maximum atomic E-state index is 6.06. The van der Waals surface area contributed by atoms with E-state index in [0.717, 1.165) is 57.7 Å². The first-order chi connectivity index (χ1) is 13.7. The van der Waals surface area contributed by atoms with Crippen molar-refractivity contribution < 1.29 is 9.47 Å². The number of fused-ring (bicyclic) bond motifs is 2. The van der Waals surface area contributed by atoms with Crippen LogP contribution in [0.5, 0.6) is 11.5 Å². The van der Waals surface area contributed by atoms with E-state index in [1.807, 2.05) is 12.1 Å². The van der Waals surface area contributed by atoms with Gasteiger partial charge in [-0.05, 0) is 59.9 Å². The van der Waals surface area contributed by atoms with E-state index < -0.39 is 0 Å². The van der Waals surface area contributed by atoms with E-state index in [0.29, 0.717) is 17.3 Å². The van der Waals surface area contributed by atoms with Gasteiger partial charge in [-0.1, -0.05) is 11.8 Å². The van der Waals surface area contributed by atoms with Gasteiger partial charge in [-0.25, -0.2) is 15.0 Å². The molecule has 0 amide bonds. The van der Waals surface area contributed by atoms with Crippen molar-refractivity contribution >= 4 is 44.7 Å². The summed E-state index contributed by atoms with van der Waals surface area (Å²) in [6.45, 7) is 3.25. The molecule has 10 heteroatoms. The summed E-state index contributed by atoms with van der Waals surface area (Å²) in [6.07, 6.45) is 3.77. The molecular formula is C18H19BrN6O2S. The normalized spacial score (nSPS) is 18.2. The lowest BCUT2D eigenvalue weighted by atomic mass is 10.1. The molecule has 3 aromatic rings. The number of nitrogens with one attached hydrogen (secondary N) is 1. The lowest BCUT2D eigenvalue weighted by Gasteiger charge is -2.12. The summed E-state index contributed by atoms with van der Waals surface area (Å²) in [4.78, 5) is 14.3. The summed E-state index contributed by atoms with van der Waals surface area (Å²) in [5.74, 6) is 2.56. The zero-order valence-electron chi connectivity index (χ0n) is 15.0. The topological polar surface area (TPSA) is 100 Å². The number of ether oxygens (including phenoxy) is 2. The van der Waals surface area contributed by atoms with E-state index in [4.69, 9.17) is 20.2 Å². The first-order valence-corrected chi connectivity index (χ1v) is 10.7. The zero-order chi connectivity index (χ0) is 19.1. The van der Waals surface area contributed by atoms with Crippen molar-refractivity contribution in [2.75, 3.05) is 25.6 Å². The molecule has 5 rings (SSSR count). The predicted molar refractivity (Wildman–Crippen MR) is 110 cm³/mol. The molecule has 4 heterocycles. The largest absolute Gasteiger partial charge is 0.454 e. The SMILES string of the molecule is Nc1ncnc2c1nc(Sc1cc3c(cc1Br)OCO3)n2CC[C@@H]1CCNC1. The number of aryl methyl sites for hydroxylation is 1. The summed E-state index contributed by atoms with van der Waals surface area (Å²) in [6, 6.07) is 3.90. The van der Waals surface area contributed by atoms with Crippen molar-refractivity contribution in [1.29, 1.82) is 0 Å². The monoisotopic (exact) mass is 462 g/mol. The van der Waals surface area contributed by atoms with Crippen molar-refractivity contribution in [2.24, 2.45) is 5.92 Å². The molecule has 1 aromatic carbocycles. The molecule has 28 heavy (non-hydrogen) atoms. The molecule has 2 aliphatic rings. The lowest BCUT2D eigenvalue weighted by Crippen LogP contribution is -2.12. The summed E-state index contributed by atoms with van der Waals surface area (Å²) in [5.41, 5.74) is 7.48. The molecule has 2 aromatic heterocycles. The average molecular weight is 463 g/mol. The summed E-state index contributed by atoms with van der Waals surface area (Å²) in [5, 5.41) is 4.27.